The summed E-state index contributed by atoms with van der Waals surface area (Å²) >= 11 is 0. The van der Waals surface area contributed by atoms with Crippen molar-refractivity contribution in [1.82, 2.24) is 0 Å². The van der Waals surface area contributed by atoms with Crippen molar-refractivity contribution in [2.75, 3.05) is 0 Å². The van der Waals surface area contributed by atoms with E-state index < -0.39 is 15.6 Å². The van der Waals surface area contributed by atoms with Crippen LogP contribution in [0.5, 0.6) is 0 Å². The Hall–Kier alpha value is -0.883. The third-order valence-electron chi connectivity index (χ3n) is 1.78. The number of rotatable bonds is 2. The highest BCUT2D eigenvalue weighted by molar-refractivity contribution is 6.46. The second kappa shape index (κ2) is 5.11. The Bertz CT molecular complexity index is 208. The molecule has 1 aliphatic rings. The van der Waals surface area contributed by atoms with Crippen molar-refractivity contribution in [2.24, 2.45) is 0 Å². The molecule has 1 rings (SSSR count). The van der Waals surface area contributed by atoms with Gasteiger partial charge in [-0.25, -0.2) is 0 Å². The standard InChI is InChI=1S/C8H14O5Si/c1-6(9)11-8-4-3-5-14(13-8)12-7(2)10/h8,14H,3-5H2,1-2H3. The van der Waals surface area contributed by atoms with Gasteiger partial charge in [0.05, 0.1) is 0 Å². The topological polar surface area (TPSA) is 61.8 Å². The molecule has 1 saturated heterocycles. The Morgan fingerprint density at radius 2 is 2.07 bits per heavy atom. The van der Waals surface area contributed by atoms with Crippen LogP contribution in [0.15, 0.2) is 0 Å². The van der Waals surface area contributed by atoms with Crippen LogP contribution in [0.4, 0.5) is 0 Å². The Kier molecular flexibility index (Phi) is 4.09. The molecule has 14 heavy (non-hydrogen) atoms. The third kappa shape index (κ3) is 3.88. The van der Waals surface area contributed by atoms with Crippen molar-refractivity contribution >= 4 is 21.2 Å². The second-order valence-electron chi connectivity index (χ2n) is 3.14. The van der Waals surface area contributed by atoms with E-state index in [1.54, 1.807) is 0 Å². The highest BCUT2D eigenvalue weighted by Crippen LogP contribution is 2.19. The van der Waals surface area contributed by atoms with Crippen molar-refractivity contribution in [2.45, 2.75) is 39.0 Å². The van der Waals surface area contributed by atoms with Crippen LogP contribution in [0.1, 0.15) is 26.7 Å². The molecular formula is C8H14O5Si. The average Bonchev–Trinajstić information content (AvgIpc) is 2.01. The molecule has 80 valence electrons. The van der Waals surface area contributed by atoms with Gasteiger partial charge in [-0.05, 0) is 12.5 Å². The summed E-state index contributed by atoms with van der Waals surface area (Å²) in [5.41, 5.74) is 0. The van der Waals surface area contributed by atoms with Crippen LogP contribution in [0.2, 0.25) is 6.04 Å². The summed E-state index contributed by atoms with van der Waals surface area (Å²) in [6.07, 6.45) is 1.05. The summed E-state index contributed by atoms with van der Waals surface area (Å²) < 4.78 is 15.2. The number of esters is 1. The number of carbonyl (C=O) groups is 2. The zero-order valence-electron chi connectivity index (χ0n) is 8.32. The quantitative estimate of drug-likeness (QED) is 0.498. The molecule has 0 radical (unpaired) electrons. The van der Waals surface area contributed by atoms with Crippen molar-refractivity contribution in [3.8, 4) is 0 Å². The van der Waals surface area contributed by atoms with E-state index in [0.29, 0.717) is 6.42 Å². The first kappa shape index (κ1) is 11.2. The number of hydrogen-bond acceptors (Lipinski definition) is 5. The molecule has 2 atom stereocenters. The minimum Gasteiger partial charge on any atom is -0.497 e. The van der Waals surface area contributed by atoms with Gasteiger partial charge in [0.25, 0.3) is 5.97 Å². The van der Waals surface area contributed by atoms with Gasteiger partial charge in [0, 0.05) is 20.3 Å². The zero-order chi connectivity index (χ0) is 10.6. The summed E-state index contributed by atoms with van der Waals surface area (Å²) in [7, 11) is -1.93. The van der Waals surface area contributed by atoms with Crippen LogP contribution in [0.25, 0.3) is 0 Å². The van der Waals surface area contributed by atoms with Gasteiger partial charge in [-0.15, -0.1) is 0 Å². The lowest BCUT2D eigenvalue weighted by Crippen LogP contribution is -2.36. The first-order valence-corrected chi connectivity index (χ1v) is 6.34. The van der Waals surface area contributed by atoms with Gasteiger partial charge in [-0.3, -0.25) is 9.59 Å². The molecule has 5 nitrogen and oxygen atoms in total. The van der Waals surface area contributed by atoms with Crippen molar-refractivity contribution in [3.63, 3.8) is 0 Å². The Morgan fingerprint density at radius 1 is 1.36 bits per heavy atom. The molecule has 0 aromatic heterocycles. The monoisotopic (exact) mass is 218 g/mol. The van der Waals surface area contributed by atoms with Gasteiger partial charge in [-0.2, -0.15) is 0 Å². The molecule has 1 aliphatic heterocycles. The van der Waals surface area contributed by atoms with Crippen LogP contribution in [0.3, 0.4) is 0 Å². The lowest BCUT2D eigenvalue weighted by atomic mass is 10.3. The van der Waals surface area contributed by atoms with E-state index in [-0.39, 0.29) is 11.9 Å². The lowest BCUT2D eigenvalue weighted by Gasteiger charge is -2.27. The van der Waals surface area contributed by atoms with E-state index in [0.717, 1.165) is 12.5 Å². The average molecular weight is 218 g/mol. The minimum absolute atomic E-state index is 0.329. The molecule has 0 aromatic rings. The lowest BCUT2D eigenvalue weighted by molar-refractivity contribution is -0.166. The smallest absolute Gasteiger partial charge is 0.387 e. The van der Waals surface area contributed by atoms with Crippen LogP contribution in [0, 0.1) is 0 Å². The molecule has 0 bridgehead atoms. The maximum atomic E-state index is 10.7. The summed E-state index contributed by atoms with van der Waals surface area (Å²) in [4.78, 5) is 21.3. The molecular weight excluding hydrogens is 204 g/mol. The molecule has 1 fully saturated rings. The molecule has 0 N–H and O–H groups in total. The van der Waals surface area contributed by atoms with E-state index in [1.165, 1.54) is 13.8 Å². The fourth-order valence-corrected chi connectivity index (χ4v) is 3.08. The van der Waals surface area contributed by atoms with Crippen LogP contribution < -0.4 is 0 Å². The van der Waals surface area contributed by atoms with Crippen molar-refractivity contribution in [1.29, 1.82) is 0 Å². The van der Waals surface area contributed by atoms with E-state index in [1.807, 2.05) is 0 Å². The van der Waals surface area contributed by atoms with Gasteiger partial charge >= 0.3 is 15.3 Å². The number of ether oxygens (including phenoxy) is 1. The predicted molar refractivity (Wildman–Crippen MR) is 49.6 cm³/mol. The molecule has 0 amide bonds. The first-order valence-electron chi connectivity index (χ1n) is 4.58. The molecule has 0 aromatic carbocycles. The summed E-state index contributed by atoms with van der Waals surface area (Å²) in [5, 5.41) is 0. The number of carbonyl (C=O) groups excluding carboxylic acids is 2. The Morgan fingerprint density at radius 3 is 2.64 bits per heavy atom. The predicted octanol–water partition coefficient (Wildman–Crippen LogP) is 0.470. The Labute approximate surface area is 84.2 Å². The molecule has 0 saturated carbocycles. The molecule has 0 aliphatic carbocycles. The van der Waals surface area contributed by atoms with Gasteiger partial charge in [0.1, 0.15) is 0 Å². The SMILES string of the molecule is CC(=O)OC1CCC[SiH](OC(C)=O)O1. The van der Waals surface area contributed by atoms with Gasteiger partial charge in [0.15, 0.2) is 6.29 Å². The van der Waals surface area contributed by atoms with E-state index in [2.05, 4.69) is 0 Å². The van der Waals surface area contributed by atoms with Crippen molar-refractivity contribution < 1.29 is 23.2 Å². The van der Waals surface area contributed by atoms with Gasteiger partial charge < -0.3 is 13.6 Å². The molecule has 0 spiro atoms. The van der Waals surface area contributed by atoms with Gasteiger partial charge in [0.2, 0.25) is 0 Å². The Balaban J connectivity index is 2.35. The largest absolute Gasteiger partial charge is 0.497 e. The maximum Gasteiger partial charge on any atom is 0.387 e. The second-order valence-corrected chi connectivity index (χ2v) is 5.09. The molecule has 6 heteroatoms. The van der Waals surface area contributed by atoms with Crippen LogP contribution in [-0.2, 0) is 23.2 Å². The number of hydrogen-bond donors (Lipinski definition) is 0. The van der Waals surface area contributed by atoms with Gasteiger partial charge in [-0.1, -0.05) is 0 Å². The zero-order valence-corrected chi connectivity index (χ0v) is 9.47. The van der Waals surface area contributed by atoms with Crippen molar-refractivity contribution in [3.05, 3.63) is 0 Å². The maximum absolute atomic E-state index is 10.7. The first-order chi connectivity index (χ1) is 6.58. The van der Waals surface area contributed by atoms with Crippen LogP contribution >= 0.6 is 0 Å². The highest BCUT2D eigenvalue weighted by Gasteiger charge is 2.28. The minimum atomic E-state index is -1.93. The van der Waals surface area contributed by atoms with E-state index in [9.17, 15) is 9.59 Å². The normalized spacial score (nSPS) is 26.7. The molecule has 2 unspecified atom stereocenters. The van der Waals surface area contributed by atoms with E-state index >= 15 is 0 Å². The summed E-state index contributed by atoms with van der Waals surface area (Å²) in [6, 6.07) is 0.789. The fourth-order valence-electron chi connectivity index (χ4n) is 1.30. The third-order valence-corrected chi connectivity index (χ3v) is 3.86. The fraction of sp³-hybridized carbons (Fsp3) is 0.750. The summed E-state index contributed by atoms with van der Waals surface area (Å²) in [5.74, 6) is -0.697. The highest BCUT2D eigenvalue weighted by atomic mass is 28.3. The summed E-state index contributed by atoms with van der Waals surface area (Å²) in [6.45, 7) is 2.69. The van der Waals surface area contributed by atoms with E-state index in [4.69, 9.17) is 13.6 Å². The molecule has 1 heterocycles. The van der Waals surface area contributed by atoms with Crippen LogP contribution in [-0.4, -0.2) is 27.5 Å².